The number of phenols is 1. The Labute approximate surface area is 214 Å². The molecule has 0 fully saturated rings. The Morgan fingerprint density at radius 2 is 1.86 bits per heavy atom. The maximum atomic E-state index is 12.5. The molecule has 0 radical (unpaired) electrons. The van der Waals surface area contributed by atoms with Crippen LogP contribution in [0.4, 0.5) is 5.69 Å². The lowest BCUT2D eigenvalue weighted by atomic mass is 10.1. The minimum atomic E-state index is -0.558. The lowest BCUT2D eigenvalue weighted by molar-refractivity contribution is -0.384. The molecule has 0 aromatic heterocycles. The van der Waals surface area contributed by atoms with Crippen molar-refractivity contribution >= 4 is 44.5 Å². The van der Waals surface area contributed by atoms with Gasteiger partial charge in [0.05, 0.1) is 28.3 Å². The number of hydrazone groups is 1. The molecular weight excluding hydrogens is 530 g/mol. The number of amides is 1. The molecule has 0 aliphatic heterocycles. The molecule has 4 rings (SSSR count). The fourth-order valence-electron chi connectivity index (χ4n) is 3.51. The summed E-state index contributed by atoms with van der Waals surface area (Å²) >= 11 is 3.44. The summed E-state index contributed by atoms with van der Waals surface area (Å²) < 4.78 is 11.8. The number of hydrogen-bond donors (Lipinski definition) is 2. The Bertz CT molecular complexity index is 1490. The zero-order valence-corrected chi connectivity index (χ0v) is 20.6. The first kappa shape index (κ1) is 24.7. The number of methoxy groups -OCH3 is 1. The Balaban J connectivity index is 1.46. The standard InChI is InChI=1S/C26H20BrN3O6/c1-35-24-11-17(10-22(27)25(24)36-15-16-5-4-8-20(9-16)30(33)34)14-28-29-26(32)21-12-18-6-2-3-7-19(18)13-23(21)31/h2-14,31H,15H2,1H3,(H,29,32). The van der Waals surface area contributed by atoms with Crippen molar-refractivity contribution < 1.29 is 24.3 Å². The number of nitrogens with zero attached hydrogens (tertiary/aromatic N) is 2. The van der Waals surface area contributed by atoms with Crippen molar-refractivity contribution in [2.24, 2.45) is 5.10 Å². The highest BCUT2D eigenvalue weighted by molar-refractivity contribution is 9.10. The highest BCUT2D eigenvalue weighted by Gasteiger charge is 2.14. The number of carbonyl (C=O) groups excluding carboxylic acids is 1. The summed E-state index contributed by atoms with van der Waals surface area (Å²) in [6.45, 7) is 0.0926. The SMILES string of the molecule is COc1cc(C=NNC(=O)c2cc3ccccc3cc2O)cc(Br)c1OCc1cccc([N+](=O)[O-])c1. The van der Waals surface area contributed by atoms with E-state index in [1.165, 1.54) is 31.5 Å². The Kier molecular flexibility index (Phi) is 7.45. The van der Waals surface area contributed by atoms with Crippen LogP contribution in [0.15, 0.2) is 82.4 Å². The van der Waals surface area contributed by atoms with Crippen molar-refractivity contribution in [3.05, 3.63) is 104 Å². The van der Waals surface area contributed by atoms with E-state index < -0.39 is 10.8 Å². The molecular formula is C26H20BrN3O6. The first-order valence-corrected chi connectivity index (χ1v) is 11.4. The number of halogens is 1. The summed E-state index contributed by atoms with van der Waals surface area (Å²) in [6.07, 6.45) is 1.42. The van der Waals surface area contributed by atoms with E-state index in [0.717, 1.165) is 10.8 Å². The molecule has 4 aromatic rings. The highest BCUT2D eigenvalue weighted by Crippen LogP contribution is 2.37. The van der Waals surface area contributed by atoms with Crippen molar-refractivity contribution in [1.82, 2.24) is 5.43 Å². The topological polar surface area (TPSA) is 123 Å². The van der Waals surface area contributed by atoms with E-state index in [0.29, 0.717) is 27.1 Å². The number of non-ortho nitro benzene ring substituents is 1. The lowest BCUT2D eigenvalue weighted by Crippen LogP contribution is -2.17. The second-order valence-electron chi connectivity index (χ2n) is 7.67. The highest BCUT2D eigenvalue weighted by atomic mass is 79.9. The monoisotopic (exact) mass is 549 g/mol. The molecule has 0 atom stereocenters. The number of aromatic hydroxyl groups is 1. The number of fused-ring (bicyclic) bond motifs is 1. The van der Waals surface area contributed by atoms with Gasteiger partial charge in [0.1, 0.15) is 12.4 Å². The van der Waals surface area contributed by atoms with Gasteiger partial charge < -0.3 is 14.6 Å². The summed E-state index contributed by atoms with van der Waals surface area (Å²) in [7, 11) is 1.48. The number of hydrogen-bond acceptors (Lipinski definition) is 7. The normalized spacial score (nSPS) is 10.9. The molecule has 0 bridgehead atoms. The van der Waals surface area contributed by atoms with Crippen molar-refractivity contribution in [2.75, 3.05) is 7.11 Å². The number of ether oxygens (including phenoxy) is 2. The third-order valence-corrected chi connectivity index (χ3v) is 5.83. The van der Waals surface area contributed by atoms with Crippen LogP contribution in [0.3, 0.4) is 0 Å². The first-order valence-electron chi connectivity index (χ1n) is 10.6. The molecule has 0 unspecified atom stereocenters. The number of carbonyl (C=O) groups is 1. The first-order chi connectivity index (χ1) is 17.4. The number of benzene rings is 4. The van der Waals surface area contributed by atoms with Crippen LogP contribution in [0.25, 0.3) is 10.8 Å². The summed E-state index contributed by atoms with van der Waals surface area (Å²) in [5, 5.41) is 26.8. The third kappa shape index (κ3) is 5.61. The number of nitrogens with one attached hydrogen (secondary N) is 1. The van der Waals surface area contributed by atoms with Crippen LogP contribution in [-0.2, 0) is 6.61 Å². The molecule has 0 aliphatic rings. The molecule has 10 heteroatoms. The van der Waals surface area contributed by atoms with Gasteiger partial charge in [-0.05, 0) is 62.1 Å². The zero-order chi connectivity index (χ0) is 25.7. The maximum absolute atomic E-state index is 12.5. The molecule has 0 spiro atoms. The molecule has 0 saturated heterocycles. The van der Waals surface area contributed by atoms with Gasteiger partial charge in [0, 0.05) is 12.1 Å². The summed E-state index contributed by atoms with van der Waals surface area (Å²) in [5.74, 6) is 0.106. The number of nitro groups is 1. The molecule has 0 heterocycles. The summed E-state index contributed by atoms with van der Waals surface area (Å²) in [6, 6.07) is 20.1. The van der Waals surface area contributed by atoms with Crippen LogP contribution in [0.5, 0.6) is 17.2 Å². The van der Waals surface area contributed by atoms with E-state index in [2.05, 4.69) is 26.5 Å². The smallest absolute Gasteiger partial charge is 0.275 e. The molecule has 4 aromatic carbocycles. The van der Waals surface area contributed by atoms with Crippen LogP contribution in [-0.4, -0.2) is 29.3 Å². The van der Waals surface area contributed by atoms with E-state index >= 15 is 0 Å². The van der Waals surface area contributed by atoms with E-state index in [4.69, 9.17) is 9.47 Å². The maximum Gasteiger partial charge on any atom is 0.275 e. The zero-order valence-electron chi connectivity index (χ0n) is 19.0. The van der Waals surface area contributed by atoms with Crippen LogP contribution >= 0.6 is 15.9 Å². The average molecular weight is 550 g/mol. The average Bonchev–Trinajstić information content (AvgIpc) is 2.87. The van der Waals surface area contributed by atoms with Crippen LogP contribution < -0.4 is 14.9 Å². The Hall–Kier alpha value is -4.44. The Morgan fingerprint density at radius 3 is 2.58 bits per heavy atom. The van der Waals surface area contributed by atoms with Crippen molar-refractivity contribution in [3.63, 3.8) is 0 Å². The van der Waals surface area contributed by atoms with Gasteiger partial charge in [0.2, 0.25) is 0 Å². The molecule has 0 aliphatic carbocycles. The second-order valence-corrected chi connectivity index (χ2v) is 8.52. The van der Waals surface area contributed by atoms with Crippen LogP contribution in [0.2, 0.25) is 0 Å². The minimum absolute atomic E-state index is 0.0206. The van der Waals surface area contributed by atoms with E-state index in [9.17, 15) is 20.0 Å². The van der Waals surface area contributed by atoms with Crippen molar-refractivity contribution in [1.29, 1.82) is 0 Å². The van der Waals surface area contributed by atoms with Crippen molar-refractivity contribution in [2.45, 2.75) is 6.61 Å². The van der Waals surface area contributed by atoms with Gasteiger partial charge in [-0.2, -0.15) is 5.10 Å². The Morgan fingerprint density at radius 1 is 1.11 bits per heavy atom. The van der Waals surface area contributed by atoms with Crippen molar-refractivity contribution in [3.8, 4) is 17.2 Å². The number of nitro benzene ring substituents is 1. The lowest BCUT2D eigenvalue weighted by Gasteiger charge is -2.13. The number of rotatable bonds is 8. The molecule has 182 valence electrons. The molecule has 36 heavy (non-hydrogen) atoms. The molecule has 9 nitrogen and oxygen atoms in total. The van der Waals surface area contributed by atoms with Crippen LogP contribution in [0, 0.1) is 10.1 Å². The summed E-state index contributed by atoms with van der Waals surface area (Å²) in [4.78, 5) is 23.1. The second kappa shape index (κ2) is 10.9. The largest absolute Gasteiger partial charge is 0.507 e. The van der Waals surface area contributed by atoms with Gasteiger partial charge in [0.15, 0.2) is 11.5 Å². The fraction of sp³-hybridized carbons (Fsp3) is 0.0769. The molecule has 0 saturated carbocycles. The quantitative estimate of drug-likeness (QED) is 0.168. The van der Waals surface area contributed by atoms with E-state index in [1.54, 1.807) is 30.3 Å². The van der Waals surface area contributed by atoms with E-state index in [-0.39, 0.29) is 23.6 Å². The third-order valence-electron chi connectivity index (χ3n) is 5.24. The van der Waals surface area contributed by atoms with Crippen LogP contribution in [0.1, 0.15) is 21.5 Å². The van der Waals surface area contributed by atoms with Gasteiger partial charge in [0.25, 0.3) is 11.6 Å². The number of phenolic OH excluding ortho intramolecular Hbond substituents is 1. The van der Waals surface area contributed by atoms with Gasteiger partial charge >= 0.3 is 0 Å². The van der Waals surface area contributed by atoms with Gasteiger partial charge in [-0.1, -0.05) is 36.4 Å². The van der Waals surface area contributed by atoms with Gasteiger partial charge in [-0.15, -0.1) is 0 Å². The van der Waals surface area contributed by atoms with Gasteiger partial charge in [-0.25, -0.2) is 5.43 Å². The summed E-state index contributed by atoms with van der Waals surface area (Å²) in [5.41, 5.74) is 3.73. The van der Waals surface area contributed by atoms with E-state index in [1.807, 2.05) is 24.3 Å². The predicted molar refractivity (Wildman–Crippen MR) is 139 cm³/mol. The van der Waals surface area contributed by atoms with Gasteiger partial charge in [-0.3, -0.25) is 14.9 Å². The minimum Gasteiger partial charge on any atom is -0.507 e. The molecule has 2 N–H and O–H groups in total. The predicted octanol–water partition coefficient (Wildman–Crippen LogP) is 5.57. The molecule has 1 amide bonds. The fourth-order valence-corrected chi connectivity index (χ4v) is 4.08.